The summed E-state index contributed by atoms with van der Waals surface area (Å²) in [4.78, 5) is 18.8. The Labute approximate surface area is 162 Å². The summed E-state index contributed by atoms with van der Waals surface area (Å²) in [6.07, 6.45) is 0. The normalized spacial score (nSPS) is 10.6. The number of nitrogens with zero attached hydrogens (tertiary/aromatic N) is 2. The van der Waals surface area contributed by atoms with Crippen molar-refractivity contribution in [1.29, 1.82) is 5.26 Å². The lowest BCUT2D eigenvalue weighted by atomic mass is 10.0. The average Bonchev–Trinajstić information content (AvgIpc) is 3.30. The summed E-state index contributed by atoms with van der Waals surface area (Å²) in [7, 11) is 0. The van der Waals surface area contributed by atoms with Crippen LogP contribution in [0, 0.1) is 11.3 Å². The minimum Gasteiger partial charge on any atom is -0.397 e. The molecule has 0 aliphatic carbocycles. The van der Waals surface area contributed by atoms with Crippen molar-refractivity contribution in [3.8, 4) is 16.5 Å². The van der Waals surface area contributed by atoms with Gasteiger partial charge in [-0.2, -0.15) is 5.26 Å². The van der Waals surface area contributed by atoms with Gasteiger partial charge in [0.05, 0.1) is 5.69 Å². The Hall–Kier alpha value is -3.41. The monoisotopic (exact) mass is 391 g/mol. The largest absolute Gasteiger partial charge is 0.397 e. The van der Waals surface area contributed by atoms with E-state index in [9.17, 15) is 10.1 Å². The minimum atomic E-state index is -0.323. The van der Waals surface area contributed by atoms with Crippen LogP contribution in [-0.2, 0) is 0 Å². The van der Waals surface area contributed by atoms with Gasteiger partial charge in [0, 0.05) is 21.5 Å². The zero-order chi connectivity index (χ0) is 19.0. The van der Waals surface area contributed by atoms with Crippen molar-refractivity contribution in [3.05, 3.63) is 58.3 Å². The predicted molar refractivity (Wildman–Crippen MR) is 111 cm³/mol. The average molecular weight is 391 g/mol. The third-order valence-electron chi connectivity index (χ3n) is 4.02. The molecule has 0 unspecified atom stereocenters. The first kappa shape index (κ1) is 17.0. The SMILES string of the molecule is N#Cc1c(N)nc2sc(C(=O)Nc3ccccc3)c(N)c2c1-c1cccs1. The maximum Gasteiger partial charge on any atom is 0.267 e. The van der Waals surface area contributed by atoms with Crippen LogP contribution in [0.1, 0.15) is 15.2 Å². The fourth-order valence-electron chi connectivity index (χ4n) is 2.83. The number of carbonyl (C=O) groups is 1. The molecule has 0 saturated heterocycles. The van der Waals surface area contributed by atoms with Crippen LogP contribution in [-0.4, -0.2) is 10.9 Å². The summed E-state index contributed by atoms with van der Waals surface area (Å²) in [5.74, 6) is -0.194. The summed E-state index contributed by atoms with van der Waals surface area (Å²) >= 11 is 2.64. The molecule has 0 aliphatic rings. The van der Waals surface area contributed by atoms with Crippen LogP contribution in [0.25, 0.3) is 20.7 Å². The summed E-state index contributed by atoms with van der Waals surface area (Å²) < 4.78 is 0. The van der Waals surface area contributed by atoms with Gasteiger partial charge in [-0.3, -0.25) is 4.79 Å². The maximum atomic E-state index is 12.7. The van der Waals surface area contributed by atoms with E-state index in [0.29, 0.717) is 32.0 Å². The molecule has 5 N–H and O–H groups in total. The summed E-state index contributed by atoms with van der Waals surface area (Å²) in [5.41, 5.74) is 14.2. The van der Waals surface area contributed by atoms with Crippen molar-refractivity contribution in [1.82, 2.24) is 4.98 Å². The second kappa shape index (κ2) is 6.72. The number of carbonyl (C=O) groups excluding carboxylic acids is 1. The number of para-hydroxylation sites is 1. The number of thiophene rings is 2. The lowest BCUT2D eigenvalue weighted by Crippen LogP contribution is -2.11. The van der Waals surface area contributed by atoms with E-state index < -0.39 is 0 Å². The summed E-state index contributed by atoms with van der Waals surface area (Å²) in [6.45, 7) is 0. The Morgan fingerprint density at radius 1 is 1.15 bits per heavy atom. The second-order valence-corrected chi connectivity index (χ2v) is 7.63. The second-order valence-electron chi connectivity index (χ2n) is 5.68. The van der Waals surface area contributed by atoms with Gasteiger partial charge < -0.3 is 16.8 Å². The molecular weight excluding hydrogens is 378 g/mol. The summed E-state index contributed by atoms with van der Waals surface area (Å²) in [6, 6.07) is 15.0. The Balaban J connectivity index is 1.91. The van der Waals surface area contributed by atoms with Crippen LogP contribution in [0.2, 0.25) is 0 Å². The van der Waals surface area contributed by atoms with E-state index in [0.717, 1.165) is 16.2 Å². The van der Waals surface area contributed by atoms with Gasteiger partial charge in [0.1, 0.15) is 27.2 Å². The van der Waals surface area contributed by atoms with Crippen molar-refractivity contribution in [2.24, 2.45) is 0 Å². The van der Waals surface area contributed by atoms with Crippen molar-refractivity contribution in [2.75, 3.05) is 16.8 Å². The molecule has 1 aromatic carbocycles. The van der Waals surface area contributed by atoms with Crippen LogP contribution in [0.15, 0.2) is 47.8 Å². The van der Waals surface area contributed by atoms with E-state index >= 15 is 0 Å². The number of nitrogen functional groups attached to an aromatic ring is 2. The quantitative estimate of drug-likeness (QED) is 0.481. The number of pyridine rings is 1. The standard InChI is InChI=1S/C19H13N5OS2/c20-9-11-13(12-7-4-8-26-12)14-15(21)16(27-19(14)24-17(11)22)18(25)23-10-5-2-1-3-6-10/h1-8H,21H2,(H2,22,24)(H,23,25). The number of benzene rings is 1. The lowest BCUT2D eigenvalue weighted by molar-refractivity contribution is 0.103. The highest BCUT2D eigenvalue weighted by molar-refractivity contribution is 7.21. The zero-order valence-electron chi connectivity index (χ0n) is 13.9. The molecule has 0 saturated carbocycles. The van der Waals surface area contributed by atoms with Gasteiger partial charge in [0.25, 0.3) is 5.91 Å². The molecule has 0 aliphatic heterocycles. The minimum absolute atomic E-state index is 0.129. The first-order valence-electron chi connectivity index (χ1n) is 7.92. The van der Waals surface area contributed by atoms with Gasteiger partial charge in [-0.25, -0.2) is 4.98 Å². The Bertz CT molecular complexity index is 1190. The number of hydrogen-bond donors (Lipinski definition) is 3. The number of rotatable bonds is 3. The smallest absolute Gasteiger partial charge is 0.267 e. The highest BCUT2D eigenvalue weighted by Gasteiger charge is 2.24. The first-order valence-corrected chi connectivity index (χ1v) is 9.61. The number of nitrogens with two attached hydrogens (primary N) is 2. The molecule has 0 atom stereocenters. The molecule has 1 amide bonds. The highest BCUT2D eigenvalue weighted by atomic mass is 32.1. The molecule has 4 aromatic rings. The van der Waals surface area contributed by atoms with E-state index in [-0.39, 0.29) is 17.3 Å². The van der Waals surface area contributed by atoms with Crippen molar-refractivity contribution < 1.29 is 4.79 Å². The van der Waals surface area contributed by atoms with Crippen LogP contribution >= 0.6 is 22.7 Å². The molecule has 4 rings (SSSR count). The Morgan fingerprint density at radius 2 is 1.93 bits per heavy atom. The van der Waals surface area contributed by atoms with Crippen LogP contribution in [0.3, 0.4) is 0 Å². The molecule has 0 bridgehead atoms. The number of nitrogens with one attached hydrogen (secondary N) is 1. The fourth-order valence-corrected chi connectivity index (χ4v) is 4.62. The number of anilines is 3. The molecule has 27 heavy (non-hydrogen) atoms. The van der Waals surface area contributed by atoms with Gasteiger partial charge >= 0.3 is 0 Å². The van der Waals surface area contributed by atoms with Crippen LogP contribution in [0.4, 0.5) is 17.2 Å². The first-order chi connectivity index (χ1) is 13.1. The Morgan fingerprint density at radius 3 is 2.59 bits per heavy atom. The van der Waals surface area contributed by atoms with Crippen LogP contribution < -0.4 is 16.8 Å². The van der Waals surface area contributed by atoms with Gasteiger partial charge in [0.2, 0.25) is 0 Å². The fraction of sp³-hybridized carbons (Fsp3) is 0. The van der Waals surface area contributed by atoms with Gasteiger partial charge in [-0.1, -0.05) is 24.3 Å². The molecule has 132 valence electrons. The molecule has 3 aromatic heterocycles. The predicted octanol–water partition coefficient (Wildman–Crippen LogP) is 4.31. The molecule has 0 fully saturated rings. The van der Waals surface area contributed by atoms with E-state index in [1.54, 1.807) is 12.1 Å². The van der Waals surface area contributed by atoms with Gasteiger partial charge in [-0.05, 0) is 23.6 Å². The topological polar surface area (TPSA) is 118 Å². The van der Waals surface area contributed by atoms with E-state index in [2.05, 4.69) is 16.4 Å². The third kappa shape index (κ3) is 2.89. The number of nitriles is 1. The molecule has 0 radical (unpaired) electrons. The Kier molecular flexibility index (Phi) is 4.24. The van der Waals surface area contributed by atoms with E-state index in [1.807, 2.05) is 35.7 Å². The third-order valence-corrected chi connectivity index (χ3v) is 6.01. The van der Waals surface area contributed by atoms with Gasteiger partial charge in [-0.15, -0.1) is 22.7 Å². The zero-order valence-corrected chi connectivity index (χ0v) is 15.5. The lowest BCUT2D eigenvalue weighted by Gasteiger charge is -2.07. The molecule has 3 heterocycles. The van der Waals surface area contributed by atoms with Crippen molar-refractivity contribution >= 4 is 56.0 Å². The molecule has 8 heteroatoms. The molecule has 6 nitrogen and oxygen atoms in total. The number of hydrogen-bond acceptors (Lipinski definition) is 7. The number of amides is 1. The van der Waals surface area contributed by atoms with Crippen molar-refractivity contribution in [3.63, 3.8) is 0 Å². The maximum absolute atomic E-state index is 12.7. The van der Waals surface area contributed by atoms with Crippen molar-refractivity contribution in [2.45, 2.75) is 0 Å². The highest BCUT2D eigenvalue weighted by Crippen LogP contribution is 2.43. The van der Waals surface area contributed by atoms with E-state index in [1.165, 1.54) is 11.3 Å². The molecular formula is C19H13N5OS2. The van der Waals surface area contributed by atoms with E-state index in [4.69, 9.17) is 11.5 Å². The van der Waals surface area contributed by atoms with Crippen LogP contribution in [0.5, 0.6) is 0 Å². The number of fused-ring (bicyclic) bond motifs is 1. The number of aromatic nitrogens is 1. The van der Waals surface area contributed by atoms with Gasteiger partial charge in [0.15, 0.2) is 0 Å². The summed E-state index contributed by atoms with van der Waals surface area (Å²) in [5, 5.41) is 14.9. The molecule has 0 spiro atoms.